The topological polar surface area (TPSA) is 99.1 Å². The fraction of sp³-hybridized carbons (Fsp3) is 0.923. The van der Waals surface area contributed by atoms with E-state index in [1.165, 1.54) is 0 Å². The Hall–Kier alpha value is -0.190. The molecule has 4 atom stereocenters. The lowest BCUT2D eigenvalue weighted by Gasteiger charge is -2.29. The van der Waals surface area contributed by atoms with Crippen molar-refractivity contribution in [2.45, 2.75) is 61.5 Å². The summed E-state index contributed by atoms with van der Waals surface area (Å²) >= 11 is 0.912. The number of hydrogen-bond donors (Lipinski definition) is 1. The third-order valence-electron chi connectivity index (χ3n) is 5.14. The van der Waals surface area contributed by atoms with E-state index in [2.05, 4.69) is 9.37 Å². The van der Waals surface area contributed by atoms with Crippen LogP contribution in [-0.2, 0) is 28.5 Å². The molecule has 3 rings (SSSR count). The Labute approximate surface area is 133 Å². The molecule has 0 amide bonds. The van der Waals surface area contributed by atoms with Crippen LogP contribution in [0.3, 0.4) is 0 Å². The number of carbonyl (C=O) groups is 1. The van der Waals surface area contributed by atoms with Gasteiger partial charge in [-0.2, -0.15) is 8.42 Å². The Morgan fingerprint density at radius 3 is 2.82 bits per heavy atom. The van der Waals surface area contributed by atoms with Gasteiger partial charge in [-0.1, -0.05) is 5.04 Å². The lowest BCUT2D eigenvalue weighted by molar-refractivity contribution is -0.432. The zero-order valence-corrected chi connectivity index (χ0v) is 14.1. The summed E-state index contributed by atoms with van der Waals surface area (Å²) in [5, 5.41) is 11.3. The first-order valence-corrected chi connectivity index (χ1v) is 9.55. The summed E-state index contributed by atoms with van der Waals surface area (Å²) in [5.41, 5.74) is -1.12. The average molecular weight is 352 g/mol. The molecule has 0 aromatic carbocycles. The Bertz CT molecular complexity index is 573. The Balaban J connectivity index is 1.69. The molecule has 126 valence electrons. The highest BCUT2D eigenvalue weighted by Crippen LogP contribution is 2.61. The average Bonchev–Trinajstić information content (AvgIpc) is 3.03. The molecule has 1 saturated heterocycles. The standard InChI is InChI=1S/C13H20O7S2/c1-12(2,21-20-19-15)4-3-11(14)13-7-8-5-9(13)10(6-8)22(16,17)18-13/h8-10,15H,3-7H2,1-2H3. The Morgan fingerprint density at radius 2 is 2.18 bits per heavy atom. The number of rotatable bonds is 7. The molecule has 4 unspecified atom stereocenters. The van der Waals surface area contributed by atoms with Crippen molar-refractivity contribution in [1.82, 2.24) is 0 Å². The van der Waals surface area contributed by atoms with Crippen LogP contribution in [-0.4, -0.2) is 35.1 Å². The smallest absolute Gasteiger partial charge is 0.271 e. The molecule has 1 heterocycles. The van der Waals surface area contributed by atoms with E-state index in [-0.39, 0.29) is 24.0 Å². The van der Waals surface area contributed by atoms with Gasteiger partial charge in [0.25, 0.3) is 10.1 Å². The van der Waals surface area contributed by atoms with Crippen molar-refractivity contribution in [3.05, 3.63) is 0 Å². The van der Waals surface area contributed by atoms with Crippen molar-refractivity contribution >= 4 is 27.9 Å². The lowest BCUT2D eigenvalue weighted by Crippen LogP contribution is -2.44. The fourth-order valence-corrected chi connectivity index (χ4v) is 6.63. The van der Waals surface area contributed by atoms with Crippen molar-refractivity contribution < 1.29 is 32.0 Å². The van der Waals surface area contributed by atoms with E-state index in [0.717, 1.165) is 18.5 Å². The predicted octanol–water partition coefficient (Wildman–Crippen LogP) is 2.08. The van der Waals surface area contributed by atoms with Crippen LogP contribution in [0.2, 0.25) is 0 Å². The van der Waals surface area contributed by atoms with Gasteiger partial charge in [0.2, 0.25) is 0 Å². The third-order valence-corrected chi connectivity index (χ3v) is 7.72. The van der Waals surface area contributed by atoms with Gasteiger partial charge in [-0.15, -0.1) is 4.33 Å². The van der Waals surface area contributed by atoms with E-state index in [1.807, 2.05) is 13.8 Å². The van der Waals surface area contributed by atoms with Crippen LogP contribution in [0.1, 0.15) is 46.0 Å². The largest absolute Gasteiger partial charge is 0.296 e. The highest BCUT2D eigenvalue weighted by molar-refractivity contribution is 7.95. The molecule has 3 fully saturated rings. The quantitative estimate of drug-likeness (QED) is 0.322. The summed E-state index contributed by atoms with van der Waals surface area (Å²) in [4.78, 5) is 12.7. The van der Waals surface area contributed by atoms with Gasteiger partial charge in [-0.3, -0.25) is 8.98 Å². The number of hydrogen-bond acceptors (Lipinski definition) is 8. The zero-order chi connectivity index (χ0) is 16.2. The Kier molecular flexibility index (Phi) is 4.11. The molecule has 0 radical (unpaired) electrons. The van der Waals surface area contributed by atoms with Crippen molar-refractivity contribution in [3.63, 3.8) is 0 Å². The molecular formula is C13H20O7S2. The molecule has 2 bridgehead atoms. The zero-order valence-electron chi connectivity index (χ0n) is 12.5. The summed E-state index contributed by atoms with van der Waals surface area (Å²) in [7, 11) is -3.61. The van der Waals surface area contributed by atoms with Gasteiger partial charge in [0.05, 0.1) is 5.25 Å². The maximum Gasteiger partial charge on any atom is 0.271 e. The third kappa shape index (κ3) is 2.61. The molecule has 22 heavy (non-hydrogen) atoms. The molecule has 2 saturated carbocycles. The summed E-state index contributed by atoms with van der Waals surface area (Å²) in [6.45, 7) is 3.69. The molecule has 0 aromatic rings. The second kappa shape index (κ2) is 5.42. The van der Waals surface area contributed by atoms with E-state index in [4.69, 9.17) is 9.44 Å². The van der Waals surface area contributed by atoms with Gasteiger partial charge in [-0.05, 0) is 45.4 Å². The molecule has 2 aliphatic carbocycles. The summed E-state index contributed by atoms with van der Waals surface area (Å²) < 4.78 is 33.5. The number of carbonyl (C=O) groups excluding carboxylic acids is 1. The molecule has 0 aromatic heterocycles. The van der Waals surface area contributed by atoms with E-state index in [9.17, 15) is 13.2 Å². The van der Waals surface area contributed by atoms with E-state index in [0.29, 0.717) is 19.3 Å². The molecule has 7 nitrogen and oxygen atoms in total. The summed E-state index contributed by atoms with van der Waals surface area (Å²) in [6.07, 6.45) is 2.60. The molecular weight excluding hydrogens is 332 g/mol. The van der Waals surface area contributed by atoms with Gasteiger partial charge in [0, 0.05) is 29.1 Å². The van der Waals surface area contributed by atoms with Crippen molar-refractivity contribution in [2.75, 3.05) is 0 Å². The maximum absolute atomic E-state index is 12.7. The van der Waals surface area contributed by atoms with Crippen molar-refractivity contribution in [1.29, 1.82) is 0 Å². The van der Waals surface area contributed by atoms with Gasteiger partial charge < -0.3 is 0 Å². The molecule has 0 spiro atoms. The highest BCUT2D eigenvalue weighted by Gasteiger charge is 2.70. The predicted molar refractivity (Wildman–Crippen MR) is 78.1 cm³/mol. The number of Topliss-reactive ketones (excluding diaryl/α,β-unsaturated/α-hetero) is 1. The first kappa shape index (κ1) is 16.7. The van der Waals surface area contributed by atoms with E-state index >= 15 is 0 Å². The number of ketones is 1. The van der Waals surface area contributed by atoms with Crippen LogP contribution in [0.4, 0.5) is 0 Å². The first-order valence-electron chi connectivity index (χ1n) is 7.34. The Morgan fingerprint density at radius 1 is 1.45 bits per heavy atom. The second-order valence-corrected chi connectivity index (χ2v) is 10.2. The van der Waals surface area contributed by atoms with Gasteiger partial charge >= 0.3 is 0 Å². The number of fused-ring (bicyclic) bond motifs is 1. The fourth-order valence-electron chi connectivity index (χ4n) is 4.16. The lowest BCUT2D eigenvalue weighted by atomic mass is 9.79. The van der Waals surface area contributed by atoms with Gasteiger partial charge in [0.15, 0.2) is 5.78 Å². The van der Waals surface area contributed by atoms with Crippen LogP contribution in [0.5, 0.6) is 0 Å². The van der Waals surface area contributed by atoms with Crippen LogP contribution in [0, 0.1) is 11.8 Å². The minimum atomic E-state index is -3.61. The summed E-state index contributed by atoms with van der Waals surface area (Å²) in [6, 6.07) is 0. The van der Waals surface area contributed by atoms with Crippen molar-refractivity contribution in [2.24, 2.45) is 11.8 Å². The first-order chi connectivity index (χ1) is 10.2. The normalized spacial score (nSPS) is 38.6. The molecule has 9 heteroatoms. The minimum Gasteiger partial charge on any atom is -0.296 e. The van der Waals surface area contributed by atoms with E-state index < -0.39 is 25.7 Å². The van der Waals surface area contributed by atoms with Gasteiger partial charge in [0.1, 0.15) is 5.60 Å². The summed E-state index contributed by atoms with van der Waals surface area (Å²) in [5.74, 6) is -0.0307. The van der Waals surface area contributed by atoms with Gasteiger partial charge in [-0.25, -0.2) is 5.26 Å². The maximum atomic E-state index is 12.7. The van der Waals surface area contributed by atoms with E-state index in [1.54, 1.807) is 0 Å². The van der Waals surface area contributed by atoms with Crippen LogP contribution >= 0.6 is 12.0 Å². The second-order valence-electron chi connectivity index (χ2n) is 7.06. The minimum absolute atomic E-state index is 0.135. The molecule has 3 aliphatic rings. The molecule has 1 aliphatic heterocycles. The van der Waals surface area contributed by atoms with Crippen molar-refractivity contribution in [3.8, 4) is 0 Å². The van der Waals surface area contributed by atoms with Crippen LogP contribution in [0.25, 0.3) is 0 Å². The highest BCUT2D eigenvalue weighted by atomic mass is 32.2. The molecule has 1 N–H and O–H groups in total. The van der Waals surface area contributed by atoms with Crippen LogP contribution in [0.15, 0.2) is 0 Å². The monoisotopic (exact) mass is 352 g/mol. The SMILES string of the molecule is CC(C)(CCC(=O)C12CC3CC1C(C3)S(=O)(=O)O2)SOOO. The van der Waals surface area contributed by atoms with Crippen LogP contribution < -0.4 is 0 Å².